The van der Waals surface area contributed by atoms with Gasteiger partial charge >= 0.3 is 5.97 Å². The summed E-state index contributed by atoms with van der Waals surface area (Å²) in [5, 5.41) is 8.74. The molecule has 0 rings (SSSR count). The van der Waals surface area contributed by atoms with Gasteiger partial charge in [0.1, 0.15) is 11.6 Å². The molecule has 0 heterocycles. The number of hydrogen-bond donors (Lipinski definition) is 0. The molecule has 0 radical (unpaired) electrons. The number of allylic oxidation sites excluding steroid dienone is 1. The van der Waals surface area contributed by atoms with Crippen LogP contribution in [0.25, 0.3) is 0 Å². The third-order valence-electron chi connectivity index (χ3n) is 1.79. The van der Waals surface area contributed by atoms with Crippen molar-refractivity contribution in [3.8, 4) is 6.07 Å². The molecule has 3 nitrogen and oxygen atoms in total. The minimum atomic E-state index is -0.498. The van der Waals surface area contributed by atoms with Crippen LogP contribution in [0.3, 0.4) is 0 Å². The summed E-state index contributed by atoms with van der Waals surface area (Å²) >= 11 is 0. The van der Waals surface area contributed by atoms with Crippen molar-refractivity contribution in [2.45, 2.75) is 40.0 Å². The van der Waals surface area contributed by atoms with Crippen molar-refractivity contribution in [1.29, 1.82) is 5.26 Å². The zero-order valence-corrected chi connectivity index (χ0v) is 9.75. The Bertz CT molecular complexity index is 261. The normalized spacial score (nSPS) is 11.3. The van der Waals surface area contributed by atoms with Crippen LogP contribution >= 0.6 is 0 Å². The molecule has 0 aromatic heterocycles. The zero-order chi connectivity index (χ0) is 11.7. The van der Waals surface area contributed by atoms with Crippen LogP contribution in [0, 0.1) is 17.2 Å². The van der Waals surface area contributed by atoms with Gasteiger partial charge in [0, 0.05) is 0 Å². The van der Waals surface area contributed by atoms with Crippen LogP contribution in [-0.4, -0.2) is 12.6 Å². The van der Waals surface area contributed by atoms with Crippen LogP contribution in [0.2, 0.25) is 0 Å². The zero-order valence-electron chi connectivity index (χ0n) is 9.75. The van der Waals surface area contributed by atoms with Gasteiger partial charge in [0.15, 0.2) is 0 Å². The predicted molar refractivity (Wildman–Crippen MR) is 59.0 cm³/mol. The molecular formula is C12H19NO2. The Balaban J connectivity index is 4.11. The lowest BCUT2D eigenvalue weighted by Crippen LogP contribution is -2.11. The summed E-state index contributed by atoms with van der Waals surface area (Å²) in [6, 6.07) is 1.87. The van der Waals surface area contributed by atoms with Crippen LogP contribution in [0.15, 0.2) is 11.6 Å². The fourth-order valence-corrected chi connectivity index (χ4v) is 0.945. The summed E-state index contributed by atoms with van der Waals surface area (Å²) in [6.07, 6.45) is 4.46. The molecule has 0 unspecified atom stereocenters. The van der Waals surface area contributed by atoms with E-state index in [4.69, 9.17) is 10.00 Å². The third-order valence-corrected chi connectivity index (χ3v) is 1.79. The minimum absolute atomic E-state index is 0.129. The van der Waals surface area contributed by atoms with Gasteiger partial charge in [-0.1, -0.05) is 39.7 Å². The first-order valence-electron chi connectivity index (χ1n) is 5.39. The molecular weight excluding hydrogens is 190 g/mol. The van der Waals surface area contributed by atoms with Gasteiger partial charge in [-0.15, -0.1) is 0 Å². The average molecular weight is 209 g/mol. The summed E-state index contributed by atoms with van der Waals surface area (Å²) < 4.78 is 4.96. The summed E-state index contributed by atoms with van der Waals surface area (Å²) in [5.74, 6) is -0.202. The van der Waals surface area contributed by atoms with E-state index in [1.165, 1.54) is 0 Å². The van der Waals surface area contributed by atoms with Crippen molar-refractivity contribution >= 4 is 5.97 Å². The van der Waals surface area contributed by atoms with Gasteiger partial charge < -0.3 is 4.74 Å². The van der Waals surface area contributed by atoms with Crippen LogP contribution in [0.5, 0.6) is 0 Å². The fourth-order valence-electron chi connectivity index (χ4n) is 0.945. The fraction of sp³-hybridized carbons (Fsp3) is 0.667. The van der Waals surface area contributed by atoms with E-state index in [1.807, 2.05) is 19.9 Å². The Morgan fingerprint density at radius 3 is 2.67 bits per heavy atom. The Morgan fingerprint density at radius 2 is 2.20 bits per heavy atom. The van der Waals surface area contributed by atoms with Gasteiger partial charge in [0.25, 0.3) is 0 Å². The van der Waals surface area contributed by atoms with Crippen molar-refractivity contribution in [3.05, 3.63) is 11.6 Å². The molecule has 0 saturated carbocycles. The molecule has 0 bridgehead atoms. The summed E-state index contributed by atoms with van der Waals surface area (Å²) in [7, 11) is 0. The number of nitrogens with zero attached hydrogens (tertiary/aromatic N) is 1. The number of unbranched alkanes of at least 4 members (excludes halogenated alkanes) is 2. The maximum atomic E-state index is 11.4. The van der Waals surface area contributed by atoms with Crippen molar-refractivity contribution in [3.63, 3.8) is 0 Å². The summed E-state index contributed by atoms with van der Waals surface area (Å²) in [5.41, 5.74) is 0.129. The highest BCUT2D eigenvalue weighted by Gasteiger charge is 2.10. The number of ether oxygens (including phenoxy) is 1. The van der Waals surface area contributed by atoms with E-state index in [0.717, 1.165) is 19.3 Å². The Hall–Kier alpha value is -1.30. The molecule has 0 aliphatic heterocycles. The van der Waals surface area contributed by atoms with Crippen molar-refractivity contribution in [1.82, 2.24) is 0 Å². The molecule has 84 valence electrons. The lowest BCUT2D eigenvalue weighted by atomic mass is 10.2. The second-order valence-electron chi connectivity index (χ2n) is 3.86. The highest BCUT2D eigenvalue weighted by Crippen LogP contribution is 2.04. The summed E-state index contributed by atoms with van der Waals surface area (Å²) in [4.78, 5) is 11.4. The van der Waals surface area contributed by atoms with E-state index in [1.54, 1.807) is 6.08 Å². The molecule has 15 heavy (non-hydrogen) atoms. The topological polar surface area (TPSA) is 50.1 Å². The van der Waals surface area contributed by atoms with Gasteiger partial charge in [0.05, 0.1) is 6.61 Å². The van der Waals surface area contributed by atoms with Gasteiger partial charge in [-0.05, 0) is 12.3 Å². The number of rotatable bonds is 6. The van der Waals surface area contributed by atoms with Gasteiger partial charge in [-0.2, -0.15) is 5.26 Å². The van der Waals surface area contributed by atoms with E-state index in [9.17, 15) is 4.79 Å². The highest BCUT2D eigenvalue weighted by molar-refractivity contribution is 5.92. The van der Waals surface area contributed by atoms with Crippen molar-refractivity contribution in [2.24, 2.45) is 5.92 Å². The summed E-state index contributed by atoms with van der Waals surface area (Å²) in [6.45, 7) is 6.35. The molecule has 0 atom stereocenters. The lowest BCUT2D eigenvalue weighted by molar-refractivity contribution is -0.139. The van der Waals surface area contributed by atoms with Crippen LogP contribution < -0.4 is 0 Å². The molecule has 0 fully saturated rings. The molecule has 0 N–H and O–H groups in total. The van der Waals surface area contributed by atoms with Crippen molar-refractivity contribution in [2.75, 3.05) is 6.61 Å². The maximum absolute atomic E-state index is 11.4. The molecule has 0 amide bonds. The predicted octanol–water partition coefficient (Wildman–Crippen LogP) is 2.83. The first-order valence-corrected chi connectivity index (χ1v) is 5.39. The van der Waals surface area contributed by atoms with E-state index in [2.05, 4.69) is 6.92 Å². The highest BCUT2D eigenvalue weighted by atomic mass is 16.5. The molecule has 0 saturated heterocycles. The smallest absolute Gasteiger partial charge is 0.348 e. The quantitative estimate of drug-likeness (QED) is 0.292. The Kier molecular flexibility index (Phi) is 7.35. The van der Waals surface area contributed by atoms with Gasteiger partial charge in [-0.3, -0.25) is 0 Å². The number of carbonyl (C=O) groups excluding carboxylic acids is 1. The molecule has 0 spiro atoms. The molecule has 0 aromatic rings. The number of esters is 1. The van der Waals surface area contributed by atoms with E-state index >= 15 is 0 Å². The monoisotopic (exact) mass is 209 g/mol. The van der Waals surface area contributed by atoms with Gasteiger partial charge in [-0.25, -0.2) is 4.79 Å². The molecule has 0 aliphatic rings. The Morgan fingerprint density at radius 1 is 1.53 bits per heavy atom. The molecule has 0 aromatic carbocycles. The van der Waals surface area contributed by atoms with E-state index in [-0.39, 0.29) is 5.57 Å². The third kappa shape index (κ3) is 6.73. The molecule has 0 aliphatic carbocycles. The second-order valence-corrected chi connectivity index (χ2v) is 3.86. The first kappa shape index (κ1) is 13.7. The first-order chi connectivity index (χ1) is 7.11. The number of carbonyl (C=O) groups is 1. The minimum Gasteiger partial charge on any atom is -0.461 e. The average Bonchev–Trinajstić information content (AvgIpc) is 2.21. The lowest BCUT2D eigenvalue weighted by Gasteiger charge is -2.05. The molecule has 3 heteroatoms. The Labute approximate surface area is 91.7 Å². The van der Waals surface area contributed by atoms with Crippen LogP contribution in [0.1, 0.15) is 40.0 Å². The van der Waals surface area contributed by atoms with Crippen LogP contribution in [-0.2, 0) is 9.53 Å². The van der Waals surface area contributed by atoms with E-state index in [0.29, 0.717) is 12.5 Å². The SMILES string of the molecule is CCCC/C=C(\C#N)C(=O)OCC(C)C. The maximum Gasteiger partial charge on any atom is 0.348 e. The number of nitriles is 1. The largest absolute Gasteiger partial charge is 0.461 e. The van der Waals surface area contributed by atoms with Crippen molar-refractivity contribution < 1.29 is 9.53 Å². The second kappa shape index (κ2) is 8.05. The van der Waals surface area contributed by atoms with Gasteiger partial charge in [0.2, 0.25) is 0 Å². The van der Waals surface area contributed by atoms with E-state index < -0.39 is 5.97 Å². The standard InChI is InChI=1S/C12H19NO2/c1-4-5-6-7-11(8-13)12(14)15-9-10(2)3/h7,10H,4-6,9H2,1-3H3/b11-7+. The van der Waals surface area contributed by atoms with Crippen LogP contribution in [0.4, 0.5) is 0 Å². The number of hydrogen-bond acceptors (Lipinski definition) is 3.